The maximum atomic E-state index is 13.6. The van der Waals surface area contributed by atoms with Gasteiger partial charge < -0.3 is 31.1 Å². The molecule has 37 heavy (non-hydrogen) atoms. The summed E-state index contributed by atoms with van der Waals surface area (Å²) in [4.78, 5) is 52.0. The summed E-state index contributed by atoms with van der Waals surface area (Å²) in [5.41, 5.74) is 5.52. The number of nitrogens with zero attached hydrogens (tertiary/aromatic N) is 2. The molecule has 5 N–H and O–H groups in total. The number of nitriles is 1. The quantitative estimate of drug-likeness (QED) is 0.354. The van der Waals surface area contributed by atoms with Crippen LogP contribution in [0.4, 0.5) is 4.79 Å². The third kappa shape index (κ3) is 9.18. The molecule has 0 aromatic heterocycles. The van der Waals surface area contributed by atoms with Crippen LogP contribution in [0.5, 0.6) is 5.75 Å². The Labute approximate surface area is 215 Å². The van der Waals surface area contributed by atoms with Crippen LogP contribution in [0.3, 0.4) is 0 Å². The lowest BCUT2D eigenvalue weighted by atomic mass is 10.0. The molecule has 4 amide bonds. The predicted octanol–water partition coefficient (Wildman–Crippen LogP) is 1.87. The summed E-state index contributed by atoms with van der Waals surface area (Å²) in [6.07, 6.45) is -1.56. The van der Waals surface area contributed by atoms with Gasteiger partial charge in [-0.1, -0.05) is 42.5 Å². The summed E-state index contributed by atoms with van der Waals surface area (Å²) in [7, 11) is 0. The highest BCUT2D eigenvalue weighted by molar-refractivity contribution is 5.94. The number of carbonyl (C=O) groups is 4. The third-order valence-electron chi connectivity index (χ3n) is 5.00. The minimum atomic E-state index is -1.50. The Bertz CT molecular complexity index is 1140. The summed E-state index contributed by atoms with van der Waals surface area (Å²) in [6.45, 7) is 4.46. The van der Waals surface area contributed by atoms with E-state index in [1.165, 1.54) is 24.3 Å². The van der Waals surface area contributed by atoms with Gasteiger partial charge in [0.1, 0.15) is 30.0 Å². The standard InChI is InChI=1S/C26H31N5O6/c1-26(2,3)37-25(36)30-20(15-21(28)33)24(35)31(14-13-27)22(18-9-11-19(32)12-10-18)23(34)29-16-17-7-5-4-6-8-17/h4-12,20,22,32H,14-16H2,1-3H3,(H2,28,33)(H,29,34)(H,30,36). The van der Waals surface area contributed by atoms with Gasteiger partial charge in [-0.15, -0.1) is 0 Å². The lowest BCUT2D eigenvalue weighted by Crippen LogP contribution is -2.54. The molecule has 0 aliphatic rings. The van der Waals surface area contributed by atoms with Crippen LogP contribution in [0.2, 0.25) is 0 Å². The zero-order valence-electron chi connectivity index (χ0n) is 20.9. The van der Waals surface area contributed by atoms with Crippen LogP contribution in [-0.2, 0) is 25.7 Å². The number of aromatic hydroxyl groups is 1. The van der Waals surface area contributed by atoms with E-state index in [0.717, 1.165) is 10.5 Å². The molecule has 0 fully saturated rings. The first kappa shape index (κ1) is 28.6. The van der Waals surface area contributed by atoms with E-state index in [0.29, 0.717) is 5.56 Å². The molecule has 2 rings (SSSR count). The number of ether oxygens (including phenoxy) is 1. The van der Waals surface area contributed by atoms with Crippen molar-refractivity contribution in [3.63, 3.8) is 0 Å². The van der Waals surface area contributed by atoms with Gasteiger partial charge in [0.15, 0.2) is 0 Å². The monoisotopic (exact) mass is 509 g/mol. The summed E-state index contributed by atoms with van der Waals surface area (Å²) >= 11 is 0. The average Bonchev–Trinajstić information content (AvgIpc) is 2.82. The Balaban J connectivity index is 2.42. The van der Waals surface area contributed by atoms with Gasteiger partial charge in [-0.2, -0.15) is 5.26 Å². The van der Waals surface area contributed by atoms with Gasteiger partial charge in [-0.05, 0) is 44.0 Å². The van der Waals surface area contributed by atoms with Crippen LogP contribution < -0.4 is 16.4 Å². The second-order valence-corrected chi connectivity index (χ2v) is 9.19. The smallest absolute Gasteiger partial charge is 0.408 e. The first-order chi connectivity index (χ1) is 17.4. The van der Waals surface area contributed by atoms with Crippen molar-refractivity contribution in [2.45, 2.75) is 51.4 Å². The molecule has 0 saturated heterocycles. The number of hydrogen-bond acceptors (Lipinski definition) is 7. The Morgan fingerprint density at radius 3 is 2.24 bits per heavy atom. The Hall–Kier alpha value is -4.59. The van der Waals surface area contributed by atoms with Crippen molar-refractivity contribution in [3.8, 4) is 11.8 Å². The maximum Gasteiger partial charge on any atom is 0.408 e. The van der Waals surface area contributed by atoms with Crippen LogP contribution in [0, 0.1) is 11.3 Å². The number of primary amides is 1. The highest BCUT2D eigenvalue weighted by Crippen LogP contribution is 2.25. The van der Waals surface area contributed by atoms with Gasteiger partial charge in [0, 0.05) is 6.54 Å². The second kappa shape index (κ2) is 12.9. The van der Waals surface area contributed by atoms with E-state index >= 15 is 0 Å². The molecular formula is C26H31N5O6. The van der Waals surface area contributed by atoms with Crippen molar-refractivity contribution in [1.82, 2.24) is 15.5 Å². The highest BCUT2D eigenvalue weighted by atomic mass is 16.6. The minimum absolute atomic E-state index is 0.0662. The van der Waals surface area contributed by atoms with Crippen molar-refractivity contribution in [2.75, 3.05) is 6.54 Å². The van der Waals surface area contributed by atoms with Crippen LogP contribution in [0.1, 0.15) is 44.4 Å². The number of alkyl carbamates (subject to hydrolysis) is 1. The number of nitrogens with one attached hydrogen (secondary N) is 2. The lowest BCUT2D eigenvalue weighted by molar-refractivity contribution is -0.142. The molecule has 0 aliphatic heterocycles. The van der Waals surface area contributed by atoms with Crippen LogP contribution >= 0.6 is 0 Å². The zero-order valence-corrected chi connectivity index (χ0v) is 20.9. The molecule has 11 nitrogen and oxygen atoms in total. The second-order valence-electron chi connectivity index (χ2n) is 9.19. The molecule has 0 bridgehead atoms. The Kier molecular flexibility index (Phi) is 10.0. The van der Waals surface area contributed by atoms with Gasteiger partial charge in [0.25, 0.3) is 0 Å². The molecule has 11 heteroatoms. The van der Waals surface area contributed by atoms with Crippen molar-refractivity contribution in [1.29, 1.82) is 5.26 Å². The normalized spacial score (nSPS) is 12.4. The molecule has 0 radical (unpaired) electrons. The number of nitrogens with two attached hydrogens (primary N) is 1. The molecule has 0 aliphatic carbocycles. The predicted molar refractivity (Wildman–Crippen MR) is 133 cm³/mol. The Morgan fingerprint density at radius 2 is 1.70 bits per heavy atom. The molecule has 0 spiro atoms. The fraction of sp³-hybridized carbons (Fsp3) is 0.346. The van der Waals surface area contributed by atoms with E-state index < -0.39 is 54.5 Å². The summed E-state index contributed by atoms with van der Waals surface area (Å²) in [5.74, 6) is -2.46. The zero-order chi connectivity index (χ0) is 27.6. The SMILES string of the molecule is CC(C)(C)OC(=O)NC(CC(N)=O)C(=O)N(CC#N)C(C(=O)NCc1ccccc1)c1ccc(O)cc1. The average molecular weight is 510 g/mol. The number of phenolic OH excluding ortho intramolecular Hbond substituents is 1. The number of hydrogen-bond donors (Lipinski definition) is 4. The van der Waals surface area contributed by atoms with E-state index in [1.807, 2.05) is 24.3 Å². The summed E-state index contributed by atoms with van der Waals surface area (Å²) < 4.78 is 5.19. The van der Waals surface area contributed by atoms with Gasteiger partial charge in [-0.3, -0.25) is 14.4 Å². The van der Waals surface area contributed by atoms with E-state index in [2.05, 4.69) is 10.6 Å². The van der Waals surface area contributed by atoms with E-state index in [9.17, 15) is 29.5 Å². The van der Waals surface area contributed by atoms with Crippen molar-refractivity contribution < 1.29 is 29.0 Å². The van der Waals surface area contributed by atoms with Crippen molar-refractivity contribution >= 4 is 23.8 Å². The van der Waals surface area contributed by atoms with Crippen LogP contribution in [0.15, 0.2) is 54.6 Å². The topological polar surface area (TPSA) is 175 Å². The third-order valence-corrected chi connectivity index (χ3v) is 5.00. The maximum absolute atomic E-state index is 13.6. The van der Waals surface area contributed by atoms with Crippen LogP contribution in [0.25, 0.3) is 0 Å². The van der Waals surface area contributed by atoms with E-state index in [-0.39, 0.29) is 12.3 Å². The molecule has 2 atom stereocenters. The molecular weight excluding hydrogens is 478 g/mol. The largest absolute Gasteiger partial charge is 0.508 e. The molecule has 0 heterocycles. The molecule has 0 saturated carbocycles. The van der Waals surface area contributed by atoms with E-state index in [4.69, 9.17) is 10.5 Å². The van der Waals surface area contributed by atoms with Crippen molar-refractivity contribution in [2.24, 2.45) is 5.73 Å². The van der Waals surface area contributed by atoms with Crippen LogP contribution in [-0.4, -0.2) is 52.0 Å². The van der Waals surface area contributed by atoms with Gasteiger partial charge in [0.2, 0.25) is 17.7 Å². The fourth-order valence-corrected chi connectivity index (χ4v) is 3.44. The Morgan fingerprint density at radius 1 is 1.08 bits per heavy atom. The van der Waals surface area contributed by atoms with Gasteiger partial charge >= 0.3 is 6.09 Å². The molecule has 2 unspecified atom stereocenters. The number of benzene rings is 2. The first-order valence-corrected chi connectivity index (χ1v) is 11.5. The molecule has 2 aromatic rings. The first-order valence-electron chi connectivity index (χ1n) is 11.5. The molecule has 196 valence electrons. The number of phenols is 1. The summed E-state index contributed by atoms with van der Waals surface area (Å²) in [5, 5.41) is 24.3. The van der Waals surface area contributed by atoms with E-state index in [1.54, 1.807) is 32.9 Å². The van der Waals surface area contributed by atoms with Gasteiger partial charge in [-0.25, -0.2) is 4.79 Å². The number of amides is 4. The van der Waals surface area contributed by atoms with Crippen molar-refractivity contribution in [3.05, 3.63) is 65.7 Å². The molecule has 2 aromatic carbocycles. The summed E-state index contributed by atoms with van der Waals surface area (Å²) in [6, 6.07) is 13.6. The highest BCUT2D eigenvalue weighted by Gasteiger charge is 2.37. The lowest BCUT2D eigenvalue weighted by Gasteiger charge is -2.32. The minimum Gasteiger partial charge on any atom is -0.508 e. The number of carbonyl (C=O) groups excluding carboxylic acids is 4. The number of rotatable bonds is 10. The van der Waals surface area contributed by atoms with Gasteiger partial charge in [0.05, 0.1) is 12.5 Å². The fourth-order valence-electron chi connectivity index (χ4n) is 3.44.